The summed E-state index contributed by atoms with van der Waals surface area (Å²) in [6, 6.07) is 7.68. The van der Waals surface area contributed by atoms with Crippen molar-refractivity contribution in [1.82, 2.24) is 5.32 Å². The molecule has 0 aliphatic rings. The third-order valence-corrected chi connectivity index (χ3v) is 2.15. The van der Waals surface area contributed by atoms with Gasteiger partial charge in [-0.3, -0.25) is 4.79 Å². The van der Waals surface area contributed by atoms with E-state index in [-0.39, 0.29) is 5.78 Å². The molecule has 0 aromatic heterocycles. The van der Waals surface area contributed by atoms with E-state index in [9.17, 15) is 4.79 Å². The van der Waals surface area contributed by atoms with Gasteiger partial charge in [0, 0.05) is 24.5 Å². The van der Waals surface area contributed by atoms with E-state index in [1.54, 1.807) is 6.92 Å². The number of rotatable bonds is 5. The van der Waals surface area contributed by atoms with E-state index in [4.69, 9.17) is 11.6 Å². The van der Waals surface area contributed by atoms with Gasteiger partial charge in [-0.2, -0.15) is 0 Å². The fraction of sp³-hybridized carbons (Fsp3) is 0.364. The first kappa shape index (κ1) is 11.2. The molecule has 0 saturated heterocycles. The standard InChI is InChI=1S/C11H14ClNO/c1-9(14)6-7-13-8-10-2-4-11(12)5-3-10/h2-5,13H,6-8H2,1H3. The molecular weight excluding hydrogens is 198 g/mol. The summed E-state index contributed by atoms with van der Waals surface area (Å²) in [6.45, 7) is 3.12. The Kier molecular flexibility index (Phi) is 4.63. The van der Waals surface area contributed by atoms with Crippen LogP contribution < -0.4 is 5.32 Å². The van der Waals surface area contributed by atoms with Crippen molar-refractivity contribution in [2.75, 3.05) is 6.54 Å². The maximum atomic E-state index is 10.6. The van der Waals surface area contributed by atoms with Gasteiger partial charge >= 0.3 is 0 Å². The molecular formula is C11H14ClNO. The van der Waals surface area contributed by atoms with Crippen LogP contribution in [-0.2, 0) is 11.3 Å². The number of hydrogen-bond acceptors (Lipinski definition) is 2. The number of carbonyl (C=O) groups is 1. The average molecular weight is 212 g/mol. The van der Waals surface area contributed by atoms with Crippen LogP contribution >= 0.6 is 11.6 Å². The molecule has 0 spiro atoms. The summed E-state index contributed by atoms with van der Waals surface area (Å²) in [5.41, 5.74) is 1.18. The Labute approximate surface area is 89.3 Å². The smallest absolute Gasteiger partial charge is 0.131 e. The van der Waals surface area contributed by atoms with E-state index in [1.165, 1.54) is 5.56 Å². The molecule has 0 aliphatic carbocycles. The summed E-state index contributed by atoms with van der Waals surface area (Å²) in [5, 5.41) is 3.94. The predicted molar refractivity (Wildman–Crippen MR) is 58.5 cm³/mol. The molecule has 0 unspecified atom stereocenters. The number of halogens is 1. The van der Waals surface area contributed by atoms with Crippen LogP contribution in [0.15, 0.2) is 24.3 Å². The Morgan fingerprint density at radius 2 is 2.00 bits per heavy atom. The Morgan fingerprint density at radius 3 is 2.57 bits per heavy atom. The topological polar surface area (TPSA) is 29.1 Å². The maximum absolute atomic E-state index is 10.6. The molecule has 1 aromatic carbocycles. The Bertz CT molecular complexity index is 295. The monoisotopic (exact) mass is 211 g/mol. The van der Waals surface area contributed by atoms with Crippen molar-refractivity contribution in [2.24, 2.45) is 0 Å². The number of hydrogen-bond donors (Lipinski definition) is 1. The summed E-state index contributed by atoms with van der Waals surface area (Å²) in [6.07, 6.45) is 0.591. The van der Waals surface area contributed by atoms with Crippen LogP contribution in [0.2, 0.25) is 5.02 Å². The number of benzene rings is 1. The van der Waals surface area contributed by atoms with E-state index in [2.05, 4.69) is 5.32 Å². The quantitative estimate of drug-likeness (QED) is 0.758. The van der Waals surface area contributed by atoms with E-state index < -0.39 is 0 Å². The molecule has 1 rings (SSSR count). The Hall–Kier alpha value is -0.860. The lowest BCUT2D eigenvalue weighted by Gasteiger charge is -2.03. The first-order chi connectivity index (χ1) is 6.68. The van der Waals surface area contributed by atoms with Gasteiger partial charge in [0.15, 0.2) is 0 Å². The molecule has 14 heavy (non-hydrogen) atoms. The molecule has 0 fully saturated rings. The number of nitrogens with one attached hydrogen (secondary N) is 1. The zero-order valence-corrected chi connectivity index (χ0v) is 8.97. The molecule has 2 nitrogen and oxygen atoms in total. The molecule has 0 atom stereocenters. The van der Waals surface area contributed by atoms with Crippen molar-refractivity contribution in [3.8, 4) is 0 Å². The first-order valence-corrected chi connectivity index (χ1v) is 5.01. The highest BCUT2D eigenvalue weighted by molar-refractivity contribution is 6.30. The van der Waals surface area contributed by atoms with E-state index >= 15 is 0 Å². The van der Waals surface area contributed by atoms with Crippen LogP contribution in [0.1, 0.15) is 18.9 Å². The highest BCUT2D eigenvalue weighted by Crippen LogP contribution is 2.08. The normalized spacial score (nSPS) is 10.1. The lowest BCUT2D eigenvalue weighted by atomic mass is 10.2. The highest BCUT2D eigenvalue weighted by atomic mass is 35.5. The zero-order chi connectivity index (χ0) is 10.4. The van der Waals surface area contributed by atoms with Crippen LogP contribution in [0.5, 0.6) is 0 Å². The van der Waals surface area contributed by atoms with Crippen molar-refractivity contribution >= 4 is 17.4 Å². The second-order valence-electron chi connectivity index (χ2n) is 3.26. The summed E-state index contributed by atoms with van der Waals surface area (Å²) < 4.78 is 0. The molecule has 0 bridgehead atoms. The molecule has 0 heterocycles. The number of Topliss-reactive ketones (excluding diaryl/α,β-unsaturated/α-hetero) is 1. The molecule has 0 saturated carbocycles. The van der Waals surface area contributed by atoms with Gasteiger partial charge in [-0.1, -0.05) is 23.7 Å². The third kappa shape index (κ3) is 4.40. The predicted octanol–water partition coefficient (Wildman–Crippen LogP) is 2.41. The minimum atomic E-state index is 0.216. The van der Waals surface area contributed by atoms with Crippen molar-refractivity contribution in [2.45, 2.75) is 19.9 Å². The number of carbonyl (C=O) groups excluding carboxylic acids is 1. The third-order valence-electron chi connectivity index (χ3n) is 1.90. The van der Waals surface area contributed by atoms with Gasteiger partial charge in [0.1, 0.15) is 5.78 Å². The number of ketones is 1. The van der Waals surface area contributed by atoms with Crippen molar-refractivity contribution in [3.63, 3.8) is 0 Å². The SMILES string of the molecule is CC(=O)CCNCc1ccc(Cl)cc1. The molecule has 3 heteroatoms. The Morgan fingerprint density at radius 1 is 1.36 bits per heavy atom. The van der Waals surface area contributed by atoms with Crippen molar-refractivity contribution < 1.29 is 4.79 Å². The van der Waals surface area contributed by atoms with Crippen LogP contribution in [0.3, 0.4) is 0 Å². The van der Waals surface area contributed by atoms with Gasteiger partial charge in [-0.15, -0.1) is 0 Å². The molecule has 1 N–H and O–H groups in total. The van der Waals surface area contributed by atoms with Gasteiger partial charge in [-0.05, 0) is 24.6 Å². The summed E-state index contributed by atoms with van der Waals surface area (Å²) in [7, 11) is 0. The lowest BCUT2D eigenvalue weighted by molar-refractivity contribution is -0.116. The van der Waals surface area contributed by atoms with Gasteiger partial charge in [-0.25, -0.2) is 0 Å². The van der Waals surface area contributed by atoms with E-state index in [0.29, 0.717) is 6.42 Å². The summed E-state index contributed by atoms with van der Waals surface area (Å²) in [4.78, 5) is 10.6. The van der Waals surface area contributed by atoms with E-state index in [0.717, 1.165) is 18.1 Å². The zero-order valence-electron chi connectivity index (χ0n) is 8.22. The van der Waals surface area contributed by atoms with E-state index in [1.807, 2.05) is 24.3 Å². The fourth-order valence-corrected chi connectivity index (χ4v) is 1.23. The highest BCUT2D eigenvalue weighted by Gasteiger charge is 1.94. The molecule has 0 amide bonds. The molecule has 1 aromatic rings. The van der Waals surface area contributed by atoms with Crippen LogP contribution in [0, 0.1) is 0 Å². The van der Waals surface area contributed by atoms with Gasteiger partial charge in [0.05, 0.1) is 0 Å². The van der Waals surface area contributed by atoms with Crippen LogP contribution in [-0.4, -0.2) is 12.3 Å². The van der Waals surface area contributed by atoms with Crippen molar-refractivity contribution in [3.05, 3.63) is 34.9 Å². The Balaban J connectivity index is 2.25. The fourth-order valence-electron chi connectivity index (χ4n) is 1.10. The average Bonchev–Trinajstić information content (AvgIpc) is 2.15. The minimum Gasteiger partial charge on any atom is -0.312 e. The van der Waals surface area contributed by atoms with Gasteiger partial charge < -0.3 is 5.32 Å². The first-order valence-electron chi connectivity index (χ1n) is 4.63. The molecule has 0 aliphatic heterocycles. The molecule has 76 valence electrons. The maximum Gasteiger partial charge on any atom is 0.131 e. The van der Waals surface area contributed by atoms with Crippen LogP contribution in [0.4, 0.5) is 0 Å². The lowest BCUT2D eigenvalue weighted by Crippen LogP contribution is -2.16. The molecule has 0 radical (unpaired) electrons. The second kappa shape index (κ2) is 5.78. The van der Waals surface area contributed by atoms with Gasteiger partial charge in [0.25, 0.3) is 0 Å². The van der Waals surface area contributed by atoms with Crippen molar-refractivity contribution in [1.29, 1.82) is 0 Å². The van der Waals surface area contributed by atoms with Gasteiger partial charge in [0.2, 0.25) is 0 Å². The van der Waals surface area contributed by atoms with Crippen LogP contribution in [0.25, 0.3) is 0 Å². The summed E-state index contributed by atoms with van der Waals surface area (Å²) in [5.74, 6) is 0.216. The largest absolute Gasteiger partial charge is 0.312 e. The summed E-state index contributed by atoms with van der Waals surface area (Å²) >= 11 is 5.75. The second-order valence-corrected chi connectivity index (χ2v) is 3.69. The minimum absolute atomic E-state index is 0.216.